The van der Waals surface area contributed by atoms with Gasteiger partial charge >= 0.3 is 6.61 Å². The summed E-state index contributed by atoms with van der Waals surface area (Å²) < 4.78 is 43.5. The zero-order chi connectivity index (χ0) is 22.7. The number of ether oxygens (including phenoxy) is 1. The molecule has 1 aliphatic rings. The lowest BCUT2D eigenvalue weighted by molar-refractivity contribution is -0.0498. The maximum absolute atomic E-state index is 14.5. The van der Waals surface area contributed by atoms with Gasteiger partial charge in [-0.05, 0) is 42.0 Å². The number of alkyl halides is 2. The van der Waals surface area contributed by atoms with Crippen LogP contribution in [-0.2, 0) is 0 Å². The Morgan fingerprint density at radius 2 is 1.75 bits per heavy atom. The largest absolute Gasteiger partial charge is 0.435 e. The van der Waals surface area contributed by atoms with Crippen molar-refractivity contribution in [2.24, 2.45) is 5.41 Å². The average molecular weight is 443 g/mol. The molecule has 3 heterocycles. The van der Waals surface area contributed by atoms with E-state index in [1.54, 1.807) is 24.3 Å². The molecule has 0 amide bonds. The maximum Gasteiger partial charge on any atom is 0.387 e. The molecule has 4 rings (SSSR count). The second-order valence-corrected chi connectivity index (χ2v) is 8.53. The standard InChI is InChI=1S/C23H24F3N5O/c1-23(2)7-9-31(10-8-23)21-12-19(18(24)14-27-21)29-20-11-16(13-28-30-20)15-3-5-17(6-4-15)32-22(25)26/h3-6,11-14,22H,7-10H2,1-2H3,(H,27,29,30). The summed E-state index contributed by atoms with van der Waals surface area (Å²) in [6, 6.07) is 9.56. The molecule has 1 aliphatic heterocycles. The summed E-state index contributed by atoms with van der Waals surface area (Å²) in [7, 11) is 0. The zero-order valence-corrected chi connectivity index (χ0v) is 17.9. The van der Waals surface area contributed by atoms with E-state index in [0.29, 0.717) is 22.6 Å². The van der Waals surface area contributed by atoms with Crippen LogP contribution in [0.4, 0.5) is 30.5 Å². The van der Waals surface area contributed by atoms with Crippen molar-refractivity contribution in [3.8, 4) is 16.9 Å². The first kappa shape index (κ1) is 21.9. The van der Waals surface area contributed by atoms with Crippen molar-refractivity contribution in [3.63, 3.8) is 0 Å². The lowest BCUT2D eigenvalue weighted by atomic mass is 9.83. The number of benzene rings is 1. The molecule has 1 saturated heterocycles. The van der Waals surface area contributed by atoms with E-state index < -0.39 is 12.4 Å². The Hall–Kier alpha value is -3.36. The third-order valence-corrected chi connectivity index (χ3v) is 5.61. The molecule has 0 unspecified atom stereocenters. The maximum atomic E-state index is 14.5. The molecule has 1 fully saturated rings. The van der Waals surface area contributed by atoms with Crippen molar-refractivity contribution >= 4 is 17.3 Å². The van der Waals surface area contributed by atoms with E-state index in [2.05, 4.69) is 44.0 Å². The number of hydrogen-bond acceptors (Lipinski definition) is 6. The normalized spacial score (nSPS) is 15.6. The van der Waals surface area contributed by atoms with Crippen LogP contribution in [0.3, 0.4) is 0 Å². The van der Waals surface area contributed by atoms with Crippen molar-refractivity contribution in [1.82, 2.24) is 15.2 Å². The van der Waals surface area contributed by atoms with Gasteiger partial charge in [-0.15, -0.1) is 5.10 Å². The summed E-state index contributed by atoms with van der Waals surface area (Å²) in [5.74, 6) is 0.637. The molecule has 9 heteroatoms. The van der Waals surface area contributed by atoms with Crippen LogP contribution in [0.15, 0.2) is 48.8 Å². The quantitative estimate of drug-likeness (QED) is 0.531. The van der Waals surface area contributed by atoms with Crippen LogP contribution in [0.2, 0.25) is 0 Å². The molecular formula is C23H24F3N5O. The highest BCUT2D eigenvalue weighted by molar-refractivity contribution is 5.69. The van der Waals surface area contributed by atoms with Gasteiger partial charge in [-0.1, -0.05) is 26.0 Å². The minimum absolute atomic E-state index is 0.0663. The zero-order valence-electron chi connectivity index (χ0n) is 17.9. The molecule has 6 nitrogen and oxygen atoms in total. The van der Waals surface area contributed by atoms with Crippen molar-refractivity contribution in [1.29, 1.82) is 0 Å². The summed E-state index contributed by atoms with van der Waals surface area (Å²) in [5, 5.41) is 11.0. The molecule has 0 aliphatic carbocycles. The molecule has 0 spiro atoms. The van der Waals surface area contributed by atoms with Crippen molar-refractivity contribution in [2.45, 2.75) is 33.3 Å². The van der Waals surface area contributed by atoms with E-state index in [9.17, 15) is 13.2 Å². The number of nitrogens with one attached hydrogen (secondary N) is 1. The van der Waals surface area contributed by atoms with Crippen LogP contribution in [0.5, 0.6) is 5.75 Å². The molecule has 0 atom stereocenters. The van der Waals surface area contributed by atoms with Gasteiger partial charge in [0.05, 0.1) is 18.1 Å². The minimum atomic E-state index is -2.88. The van der Waals surface area contributed by atoms with Crippen LogP contribution < -0.4 is 15.0 Å². The van der Waals surface area contributed by atoms with E-state index in [4.69, 9.17) is 0 Å². The number of anilines is 3. The van der Waals surface area contributed by atoms with Crippen LogP contribution in [0.25, 0.3) is 11.1 Å². The summed E-state index contributed by atoms with van der Waals surface area (Å²) in [4.78, 5) is 6.41. The second-order valence-electron chi connectivity index (χ2n) is 8.53. The Kier molecular flexibility index (Phi) is 6.16. The fourth-order valence-corrected chi connectivity index (χ4v) is 3.59. The number of halogens is 3. The van der Waals surface area contributed by atoms with Gasteiger partial charge in [0.1, 0.15) is 11.6 Å². The van der Waals surface area contributed by atoms with E-state index >= 15 is 0 Å². The Morgan fingerprint density at radius 3 is 2.44 bits per heavy atom. The first-order valence-electron chi connectivity index (χ1n) is 10.3. The summed E-state index contributed by atoms with van der Waals surface area (Å²) >= 11 is 0. The summed E-state index contributed by atoms with van der Waals surface area (Å²) in [6.07, 6.45) is 4.83. The van der Waals surface area contributed by atoms with Crippen molar-refractivity contribution in [2.75, 3.05) is 23.3 Å². The van der Waals surface area contributed by atoms with Gasteiger partial charge in [-0.25, -0.2) is 9.37 Å². The first-order valence-corrected chi connectivity index (χ1v) is 10.3. The monoisotopic (exact) mass is 443 g/mol. The third-order valence-electron chi connectivity index (χ3n) is 5.61. The number of nitrogens with zero attached hydrogens (tertiary/aromatic N) is 4. The molecule has 0 bridgehead atoms. The smallest absolute Gasteiger partial charge is 0.387 e. The third kappa shape index (κ3) is 5.27. The molecule has 0 saturated carbocycles. The van der Waals surface area contributed by atoms with Gasteiger partial charge < -0.3 is 15.0 Å². The molecule has 0 radical (unpaired) electrons. The van der Waals surface area contributed by atoms with Gasteiger partial charge in [-0.3, -0.25) is 0 Å². The second kappa shape index (κ2) is 9.02. The molecule has 2 aromatic heterocycles. The van der Waals surface area contributed by atoms with Crippen LogP contribution in [-0.4, -0.2) is 34.9 Å². The topological polar surface area (TPSA) is 63.2 Å². The average Bonchev–Trinajstić information content (AvgIpc) is 2.76. The number of piperidine rings is 1. The van der Waals surface area contributed by atoms with Crippen LogP contribution in [0, 0.1) is 11.2 Å². The lowest BCUT2D eigenvalue weighted by Gasteiger charge is -2.37. The Bertz CT molecular complexity index is 1070. The highest BCUT2D eigenvalue weighted by atomic mass is 19.3. The number of aromatic nitrogens is 3. The first-order chi connectivity index (χ1) is 15.3. The molecule has 3 aromatic rings. The number of pyridine rings is 1. The Morgan fingerprint density at radius 1 is 1.03 bits per heavy atom. The number of rotatable bonds is 6. The van der Waals surface area contributed by atoms with Crippen LogP contribution in [0.1, 0.15) is 26.7 Å². The van der Waals surface area contributed by atoms with Gasteiger partial charge in [0, 0.05) is 24.7 Å². The van der Waals surface area contributed by atoms with Crippen LogP contribution >= 0.6 is 0 Å². The number of hydrogen-bond donors (Lipinski definition) is 1. The van der Waals surface area contributed by atoms with Gasteiger partial charge in [0.2, 0.25) is 0 Å². The predicted molar refractivity (Wildman–Crippen MR) is 117 cm³/mol. The molecule has 168 valence electrons. The summed E-state index contributed by atoms with van der Waals surface area (Å²) in [5.41, 5.74) is 1.99. The van der Waals surface area contributed by atoms with Crippen molar-refractivity contribution < 1.29 is 17.9 Å². The lowest BCUT2D eigenvalue weighted by Crippen LogP contribution is -2.37. The van der Waals surface area contributed by atoms with Gasteiger partial charge in [-0.2, -0.15) is 13.9 Å². The Labute approximate surface area is 184 Å². The SMILES string of the molecule is CC1(C)CCN(c2cc(Nc3cc(-c4ccc(OC(F)F)cc4)cnn3)c(F)cn2)CC1. The van der Waals surface area contributed by atoms with E-state index in [-0.39, 0.29) is 11.4 Å². The van der Waals surface area contributed by atoms with Crippen molar-refractivity contribution in [3.05, 3.63) is 54.6 Å². The highest BCUT2D eigenvalue weighted by Gasteiger charge is 2.26. The predicted octanol–water partition coefficient (Wildman–Crippen LogP) is 5.65. The Balaban J connectivity index is 1.51. The molecule has 1 N–H and O–H groups in total. The fraction of sp³-hybridized carbons (Fsp3) is 0.348. The van der Waals surface area contributed by atoms with E-state index in [1.165, 1.54) is 24.5 Å². The molecular weight excluding hydrogens is 419 g/mol. The highest BCUT2D eigenvalue weighted by Crippen LogP contribution is 2.33. The minimum Gasteiger partial charge on any atom is -0.435 e. The van der Waals surface area contributed by atoms with E-state index in [1.807, 2.05) is 0 Å². The summed E-state index contributed by atoms with van der Waals surface area (Å²) in [6.45, 7) is 3.36. The van der Waals surface area contributed by atoms with Gasteiger partial charge in [0.15, 0.2) is 11.6 Å². The van der Waals surface area contributed by atoms with E-state index in [0.717, 1.165) is 31.5 Å². The van der Waals surface area contributed by atoms with Gasteiger partial charge in [0.25, 0.3) is 0 Å². The molecule has 1 aromatic carbocycles. The molecule has 32 heavy (non-hydrogen) atoms. The fourth-order valence-electron chi connectivity index (χ4n) is 3.59.